The Bertz CT molecular complexity index is 705. The van der Waals surface area contributed by atoms with Crippen molar-refractivity contribution in [1.29, 1.82) is 0 Å². The predicted octanol–water partition coefficient (Wildman–Crippen LogP) is 3.10. The molecule has 1 aliphatic rings. The zero-order chi connectivity index (χ0) is 17.3. The first-order chi connectivity index (χ1) is 12.3. The third-order valence-corrected chi connectivity index (χ3v) is 4.18. The Kier molecular flexibility index (Phi) is 6.23. The van der Waals surface area contributed by atoms with Crippen LogP contribution in [0.2, 0.25) is 0 Å². The zero-order valence-corrected chi connectivity index (χ0v) is 14.4. The predicted molar refractivity (Wildman–Crippen MR) is 100 cm³/mol. The second kappa shape index (κ2) is 9.04. The van der Waals surface area contributed by atoms with Gasteiger partial charge < -0.3 is 15.0 Å². The Balaban J connectivity index is 1.58. The van der Waals surface area contributed by atoms with Gasteiger partial charge in [-0.3, -0.25) is 4.79 Å². The SMILES string of the molecule is O=C(/C=C/c1cccc(OCc2ccccc2)c1)N1CCCNCC1. The Morgan fingerprint density at radius 2 is 1.96 bits per heavy atom. The topological polar surface area (TPSA) is 41.6 Å². The number of nitrogens with one attached hydrogen (secondary N) is 1. The molecule has 4 heteroatoms. The van der Waals surface area contributed by atoms with Gasteiger partial charge in [-0.1, -0.05) is 42.5 Å². The van der Waals surface area contributed by atoms with E-state index in [-0.39, 0.29) is 5.91 Å². The van der Waals surface area contributed by atoms with Gasteiger partial charge in [0.2, 0.25) is 5.91 Å². The van der Waals surface area contributed by atoms with Gasteiger partial charge in [0, 0.05) is 25.7 Å². The summed E-state index contributed by atoms with van der Waals surface area (Å²) < 4.78 is 5.83. The van der Waals surface area contributed by atoms with Crippen molar-refractivity contribution in [2.45, 2.75) is 13.0 Å². The van der Waals surface area contributed by atoms with Gasteiger partial charge in [0.15, 0.2) is 0 Å². The van der Waals surface area contributed by atoms with Crippen molar-refractivity contribution < 1.29 is 9.53 Å². The molecule has 0 atom stereocenters. The minimum absolute atomic E-state index is 0.0688. The number of carbonyl (C=O) groups is 1. The first kappa shape index (κ1) is 17.2. The molecule has 1 fully saturated rings. The molecule has 2 aromatic rings. The van der Waals surface area contributed by atoms with E-state index in [9.17, 15) is 4.79 Å². The lowest BCUT2D eigenvalue weighted by Crippen LogP contribution is -2.32. The summed E-state index contributed by atoms with van der Waals surface area (Å²) in [6.45, 7) is 3.96. The fraction of sp³-hybridized carbons (Fsp3) is 0.286. The molecule has 4 nitrogen and oxygen atoms in total. The van der Waals surface area contributed by atoms with Crippen LogP contribution in [0.15, 0.2) is 60.7 Å². The molecule has 0 aliphatic carbocycles. The molecule has 1 aliphatic heterocycles. The van der Waals surface area contributed by atoms with E-state index in [1.165, 1.54) is 0 Å². The number of hydrogen-bond acceptors (Lipinski definition) is 3. The van der Waals surface area contributed by atoms with Crippen molar-refractivity contribution in [2.75, 3.05) is 26.2 Å². The minimum atomic E-state index is 0.0688. The zero-order valence-electron chi connectivity index (χ0n) is 14.4. The first-order valence-corrected chi connectivity index (χ1v) is 8.76. The summed E-state index contributed by atoms with van der Waals surface area (Å²) in [5.74, 6) is 0.872. The molecule has 1 saturated heterocycles. The lowest BCUT2D eigenvalue weighted by molar-refractivity contribution is -0.125. The van der Waals surface area contributed by atoms with Gasteiger partial charge in [0.25, 0.3) is 0 Å². The number of nitrogens with zero attached hydrogens (tertiary/aromatic N) is 1. The molecule has 1 N–H and O–H groups in total. The summed E-state index contributed by atoms with van der Waals surface area (Å²) in [6, 6.07) is 17.9. The fourth-order valence-electron chi connectivity index (χ4n) is 2.79. The van der Waals surface area contributed by atoms with Crippen LogP contribution in [0.1, 0.15) is 17.5 Å². The first-order valence-electron chi connectivity index (χ1n) is 8.76. The van der Waals surface area contributed by atoms with E-state index < -0.39 is 0 Å². The van der Waals surface area contributed by atoms with Crippen LogP contribution in [-0.2, 0) is 11.4 Å². The van der Waals surface area contributed by atoms with E-state index in [0.29, 0.717) is 6.61 Å². The van der Waals surface area contributed by atoms with Crippen LogP contribution in [0.5, 0.6) is 5.75 Å². The van der Waals surface area contributed by atoms with Crippen LogP contribution in [0.4, 0.5) is 0 Å². The second-order valence-electron chi connectivity index (χ2n) is 6.11. The van der Waals surface area contributed by atoms with Crippen LogP contribution in [0, 0.1) is 0 Å². The van der Waals surface area contributed by atoms with Crippen LogP contribution in [0.3, 0.4) is 0 Å². The van der Waals surface area contributed by atoms with Crippen LogP contribution < -0.4 is 10.1 Å². The monoisotopic (exact) mass is 336 g/mol. The van der Waals surface area contributed by atoms with E-state index in [4.69, 9.17) is 4.74 Å². The molecule has 0 spiro atoms. The summed E-state index contributed by atoms with van der Waals surface area (Å²) in [6.07, 6.45) is 4.51. The van der Waals surface area contributed by atoms with Crippen LogP contribution in [-0.4, -0.2) is 37.0 Å². The summed E-state index contributed by atoms with van der Waals surface area (Å²) in [4.78, 5) is 14.2. The average Bonchev–Trinajstić information content (AvgIpc) is 2.95. The molecule has 0 aromatic heterocycles. The molecule has 130 valence electrons. The van der Waals surface area contributed by atoms with Gasteiger partial charge in [-0.05, 0) is 42.3 Å². The van der Waals surface area contributed by atoms with E-state index in [0.717, 1.165) is 49.5 Å². The summed E-state index contributed by atoms with van der Waals surface area (Å²) in [5.41, 5.74) is 2.10. The van der Waals surface area contributed by atoms with Crippen LogP contribution >= 0.6 is 0 Å². The maximum atomic E-state index is 12.3. The Labute approximate surface area is 149 Å². The average molecular weight is 336 g/mol. The smallest absolute Gasteiger partial charge is 0.246 e. The Hall–Kier alpha value is -2.59. The molecule has 0 unspecified atom stereocenters. The largest absolute Gasteiger partial charge is 0.489 e. The molecule has 0 bridgehead atoms. The highest BCUT2D eigenvalue weighted by Crippen LogP contribution is 2.16. The molecule has 1 heterocycles. The lowest BCUT2D eigenvalue weighted by atomic mass is 10.2. The highest BCUT2D eigenvalue weighted by Gasteiger charge is 2.12. The molecular formula is C21H24N2O2. The second-order valence-corrected chi connectivity index (χ2v) is 6.11. The lowest BCUT2D eigenvalue weighted by Gasteiger charge is -2.17. The van der Waals surface area contributed by atoms with Crippen molar-refractivity contribution in [2.24, 2.45) is 0 Å². The van der Waals surface area contributed by atoms with Crippen molar-refractivity contribution in [3.8, 4) is 5.75 Å². The molecule has 3 rings (SSSR count). The van der Waals surface area contributed by atoms with Gasteiger partial charge >= 0.3 is 0 Å². The van der Waals surface area contributed by atoms with Gasteiger partial charge in [-0.2, -0.15) is 0 Å². The maximum absolute atomic E-state index is 12.3. The van der Waals surface area contributed by atoms with Crippen molar-refractivity contribution in [1.82, 2.24) is 10.2 Å². The molecular weight excluding hydrogens is 312 g/mol. The summed E-state index contributed by atoms with van der Waals surface area (Å²) in [7, 11) is 0. The number of carbonyl (C=O) groups excluding carboxylic acids is 1. The van der Waals surface area contributed by atoms with E-state index in [1.54, 1.807) is 6.08 Å². The standard InChI is InChI=1S/C21H24N2O2/c24-21(23-14-5-12-22-13-15-23)11-10-18-8-4-9-20(16-18)25-17-19-6-2-1-3-7-19/h1-4,6-11,16,22H,5,12-15,17H2/b11-10+. The number of rotatable bonds is 5. The number of benzene rings is 2. The Morgan fingerprint density at radius 1 is 1.08 bits per heavy atom. The number of ether oxygens (including phenoxy) is 1. The highest BCUT2D eigenvalue weighted by molar-refractivity contribution is 5.91. The summed E-state index contributed by atoms with van der Waals surface area (Å²) >= 11 is 0. The normalized spacial score (nSPS) is 15.1. The van der Waals surface area contributed by atoms with Gasteiger partial charge in [-0.25, -0.2) is 0 Å². The third-order valence-electron chi connectivity index (χ3n) is 4.18. The van der Waals surface area contributed by atoms with Crippen molar-refractivity contribution in [3.05, 3.63) is 71.8 Å². The van der Waals surface area contributed by atoms with E-state index >= 15 is 0 Å². The Morgan fingerprint density at radius 3 is 2.84 bits per heavy atom. The minimum Gasteiger partial charge on any atom is -0.489 e. The quantitative estimate of drug-likeness (QED) is 0.853. The van der Waals surface area contributed by atoms with E-state index in [1.807, 2.05) is 65.6 Å². The highest BCUT2D eigenvalue weighted by atomic mass is 16.5. The molecule has 2 aromatic carbocycles. The molecule has 25 heavy (non-hydrogen) atoms. The van der Waals surface area contributed by atoms with Gasteiger partial charge in [0.05, 0.1) is 0 Å². The number of amides is 1. The summed E-state index contributed by atoms with van der Waals surface area (Å²) in [5, 5.41) is 3.31. The van der Waals surface area contributed by atoms with Gasteiger partial charge in [0.1, 0.15) is 12.4 Å². The third kappa shape index (κ3) is 5.47. The molecule has 0 radical (unpaired) electrons. The van der Waals surface area contributed by atoms with E-state index in [2.05, 4.69) is 5.32 Å². The van der Waals surface area contributed by atoms with Gasteiger partial charge in [-0.15, -0.1) is 0 Å². The van der Waals surface area contributed by atoms with Crippen molar-refractivity contribution in [3.63, 3.8) is 0 Å². The van der Waals surface area contributed by atoms with Crippen molar-refractivity contribution >= 4 is 12.0 Å². The number of hydrogen-bond donors (Lipinski definition) is 1. The van der Waals surface area contributed by atoms with Crippen LogP contribution in [0.25, 0.3) is 6.08 Å². The molecule has 0 saturated carbocycles. The fourth-order valence-corrected chi connectivity index (χ4v) is 2.79. The molecule has 1 amide bonds. The maximum Gasteiger partial charge on any atom is 0.246 e.